The lowest BCUT2D eigenvalue weighted by Crippen LogP contribution is -2.21. The first-order chi connectivity index (χ1) is 8.06. The minimum Gasteiger partial charge on any atom is -0.481 e. The molecular formula is C9H7F6NO2. The Balaban J connectivity index is 3.39. The van der Waals surface area contributed by atoms with Gasteiger partial charge in [0.1, 0.15) is 5.56 Å². The van der Waals surface area contributed by atoms with Crippen molar-refractivity contribution < 1.29 is 35.8 Å². The van der Waals surface area contributed by atoms with Crippen LogP contribution in [-0.2, 0) is 6.18 Å². The van der Waals surface area contributed by atoms with Crippen LogP contribution in [0.1, 0.15) is 11.1 Å². The third kappa shape index (κ3) is 3.17. The van der Waals surface area contributed by atoms with Crippen LogP contribution in [0.3, 0.4) is 0 Å². The van der Waals surface area contributed by atoms with Crippen molar-refractivity contribution in [2.75, 3.05) is 7.11 Å². The molecule has 1 aromatic rings. The number of methoxy groups -OCH3 is 1. The zero-order valence-corrected chi connectivity index (χ0v) is 9.11. The zero-order valence-electron chi connectivity index (χ0n) is 9.11. The molecule has 0 aliphatic rings. The summed E-state index contributed by atoms with van der Waals surface area (Å²) in [4.78, 5) is 3.31. The molecule has 0 saturated carbocycles. The number of hydrogen-bond donors (Lipinski definition) is 0. The van der Waals surface area contributed by atoms with Gasteiger partial charge in [-0.2, -0.15) is 13.2 Å². The highest BCUT2D eigenvalue weighted by atomic mass is 19.4. The summed E-state index contributed by atoms with van der Waals surface area (Å²) < 4.78 is 81.8. The van der Waals surface area contributed by atoms with Crippen LogP contribution in [-0.4, -0.2) is 18.5 Å². The minimum absolute atomic E-state index is 0.322. The second-order valence-corrected chi connectivity index (χ2v) is 3.18. The number of aromatic nitrogens is 1. The van der Waals surface area contributed by atoms with E-state index in [0.29, 0.717) is 6.20 Å². The Bertz CT molecular complexity index is 440. The maximum Gasteiger partial charge on any atom is 0.573 e. The van der Waals surface area contributed by atoms with Crippen molar-refractivity contribution in [1.82, 2.24) is 4.98 Å². The fraction of sp³-hybridized carbons (Fsp3) is 0.444. The van der Waals surface area contributed by atoms with Gasteiger partial charge in [-0.25, -0.2) is 4.98 Å². The molecule has 0 aliphatic heterocycles. The number of hydrogen-bond acceptors (Lipinski definition) is 3. The molecule has 0 unspecified atom stereocenters. The van der Waals surface area contributed by atoms with E-state index in [2.05, 4.69) is 14.5 Å². The monoisotopic (exact) mass is 275 g/mol. The normalized spacial score (nSPS) is 12.4. The number of halogens is 6. The van der Waals surface area contributed by atoms with E-state index in [4.69, 9.17) is 0 Å². The molecule has 1 aromatic heterocycles. The summed E-state index contributed by atoms with van der Waals surface area (Å²) in [7, 11) is 1.06. The summed E-state index contributed by atoms with van der Waals surface area (Å²) in [5.74, 6) is -1.83. The molecule has 1 heterocycles. The van der Waals surface area contributed by atoms with Crippen LogP contribution in [0, 0.1) is 6.92 Å². The van der Waals surface area contributed by atoms with Crippen molar-refractivity contribution >= 4 is 0 Å². The molecule has 0 aliphatic carbocycles. The van der Waals surface area contributed by atoms with Crippen LogP contribution < -0.4 is 9.47 Å². The summed E-state index contributed by atoms with van der Waals surface area (Å²) >= 11 is 0. The molecular weight excluding hydrogens is 268 g/mol. The van der Waals surface area contributed by atoms with Crippen LogP contribution in [0.4, 0.5) is 26.3 Å². The van der Waals surface area contributed by atoms with E-state index < -0.39 is 35.3 Å². The highest BCUT2D eigenvalue weighted by Crippen LogP contribution is 2.42. The molecule has 0 fully saturated rings. The largest absolute Gasteiger partial charge is 0.573 e. The molecule has 0 bridgehead atoms. The van der Waals surface area contributed by atoms with E-state index in [0.717, 1.165) is 14.0 Å². The van der Waals surface area contributed by atoms with Gasteiger partial charge in [0.25, 0.3) is 0 Å². The molecule has 0 aromatic carbocycles. The predicted octanol–water partition coefficient (Wildman–Crippen LogP) is 3.32. The maximum atomic E-state index is 12.7. The summed E-state index contributed by atoms with van der Waals surface area (Å²) in [5.41, 5.74) is -2.14. The van der Waals surface area contributed by atoms with E-state index in [1.807, 2.05) is 0 Å². The third-order valence-electron chi connectivity index (χ3n) is 1.94. The van der Waals surface area contributed by atoms with Crippen LogP contribution in [0.15, 0.2) is 6.20 Å². The van der Waals surface area contributed by atoms with Crippen LogP contribution in [0.25, 0.3) is 0 Å². The SMILES string of the molecule is COc1ncc(OC(F)(F)F)c(C(F)(F)F)c1C. The maximum absolute atomic E-state index is 12.7. The Kier molecular flexibility index (Phi) is 3.63. The van der Waals surface area contributed by atoms with E-state index in [1.54, 1.807) is 0 Å². The highest BCUT2D eigenvalue weighted by molar-refractivity contribution is 5.45. The lowest BCUT2D eigenvalue weighted by molar-refractivity contribution is -0.276. The molecule has 0 saturated heterocycles. The van der Waals surface area contributed by atoms with Crippen LogP contribution in [0.2, 0.25) is 0 Å². The summed E-state index contributed by atoms with van der Waals surface area (Å²) in [6, 6.07) is 0. The third-order valence-corrected chi connectivity index (χ3v) is 1.94. The van der Waals surface area contributed by atoms with Crippen molar-refractivity contribution in [3.8, 4) is 11.6 Å². The summed E-state index contributed by atoms with van der Waals surface area (Å²) in [6.45, 7) is 0.942. The van der Waals surface area contributed by atoms with Gasteiger partial charge in [-0.05, 0) is 6.92 Å². The molecule has 0 spiro atoms. The molecule has 102 valence electrons. The highest BCUT2D eigenvalue weighted by Gasteiger charge is 2.41. The topological polar surface area (TPSA) is 31.4 Å². The fourth-order valence-corrected chi connectivity index (χ4v) is 1.33. The van der Waals surface area contributed by atoms with Crippen molar-refractivity contribution in [2.45, 2.75) is 19.5 Å². The number of pyridine rings is 1. The Hall–Kier alpha value is -1.67. The molecule has 1 rings (SSSR count). The van der Waals surface area contributed by atoms with Gasteiger partial charge < -0.3 is 9.47 Å². The van der Waals surface area contributed by atoms with Gasteiger partial charge in [0, 0.05) is 5.56 Å². The Morgan fingerprint density at radius 1 is 1.11 bits per heavy atom. The quantitative estimate of drug-likeness (QED) is 0.776. The smallest absolute Gasteiger partial charge is 0.481 e. The van der Waals surface area contributed by atoms with Crippen molar-refractivity contribution in [3.05, 3.63) is 17.3 Å². The summed E-state index contributed by atoms with van der Waals surface area (Å²) in [6.07, 6.45) is -9.92. The molecule has 9 heteroatoms. The van der Waals surface area contributed by atoms with Crippen LogP contribution in [0.5, 0.6) is 11.6 Å². The standard InChI is InChI=1S/C9H7F6NO2/c1-4-6(8(10,11)12)5(18-9(13,14)15)3-16-7(4)17-2/h3H,1-2H3. The Morgan fingerprint density at radius 2 is 1.67 bits per heavy atom. The first-order valence-corrected chi connectivity index (χ1v) is 4.42. The van der Waals surface area contributed by atoms with Gasteiger partial charge in [-0.3, -0.25) is 0 Å². The van der Waals surface area contributed by atoms with Crippen molar-refractivity contribution in [3.63, 3.8) is 0 Å². The number of alkyl halides is 6. The zero-order chi connectivity index (χ0) is 14.1. The van der Waals surface area contributed by atoms with E-state index >= 15 is 0 Å². The van der Waals surface area contributed by atoms with Gasteiger partial charge in [-0.15, -0.1) is 13.2 Å². The average Bonchev–Trinajstić information content (AvgIpc) is 2.13. The molecule has 18 heavy (non-hydrogen) atoms. The summed E-state index contributed by atoms with van der Waals surface area (Å²) in [5, 5.41) is 0. The molecule has 0 atom stereocenters. The molecule has 0 N–H and O–H groups in total. The lowest BCUT2D eigenvalue weighted by Gasteiger charge is -2.18. The second-order valence-electron chi connectivity index (χ2n) is 3.18. The van der Waals surface area contributed by atoms with Gasteiger partial charge in [0.15, 0.2) is 5.75 Å². The van der Waals surface area contributed by atoms with E-state index in [1.165, 1.54) is 0 Å². The number of nitrogens with zero attached hydrogens (tertiary/aromatic N) is 1. The first-order valence-electron chi connectivity index (χ1n) is 4.42. The molecule has 3 nitrogen and oxygen atoms in total. The average molecular weight is 275 g/mol. The van der Waals surface area contributed by atoms with Gasteiger partial charge in [0.05, 0.1) is 13.3 Å². The second kappa shape index (κ2) is 4.54. The predicted molar refractivity (Wildman–Crippen MR) is 47.2 cm³/mol. The van der Waals surface area contributed by atoms with Crippen molar-refractivity contribution in [1.29, 1.82) is 0 Å². The minimum atomic E-state index is -5.23. The Labute approximate surface area is 97.3 Å². The number of ether oxygens (including phenoxy) is 2. The fourth-order valence-electron chi connectivity index (χ4n) is 1.33. The van der Waals surface area contributed by atoms with E-state index in [-0.39, 0.29) is 0 Å². The van der Waals surface area contributed by atoms with Gasteiger partial charge >= 0.3 is 12.5 Å². The lowest BCUT2D eigenvalue weighted by atomic mass is 10.1. The van der Waals surface area contributed by atoms with Crippen LogP contribution >= 0.6 is 0 Å². The molecule has 0 amide bonds. The molecule has 0 radical (unpaired) electrons. The van der Waals surface area contributed by atoms with Gasteiger partial charge in [-0.1, -0.05) is 0 Å². The number of rotatable bonds is 2. The van der Waals surface area contributed by atoms with Gasteiger partial charge in [0.2, 0.25) is 5.88 Å². The van der Waals surface area contributed by atoms with E-state index in [9.17, 15) is 26.3 Å². The first kappa shape index (κ1) is 14.4. The Morgan fingerprint density at radius 3 is 2.06 bits per heavy atom. The van der Waals surface area contributed by atoms with Crippen molar-refractivity contribution in [2.24, 2.45) is 0 Å².